The standard InChI is InChI=1S/C22H19N5/c1-17-8-5-6-12-21(17)25-24-15-19-16-27(20-10-3-2-4-11-20)26-22(19)18-9-7-13-23-14-18/h2-16,25H,1H3/b24-15-. The van der Waals surface area contributed by atoms with Crippen molar-refractivity contribution in [2.75, 3.05) is 5.43 Å². The van der Waals surface area contributed by atoms with Gasteiger partial charge < -0.3 is 0 Å². The van der Waals surface area contributed by atoms with Gasteiger partial charge in [0.05, 0.1) is 17.6 Å². The zero-order valence-electron chi connectivity index (χ0n) is 14.9. The van der Waals surface area contributed by atoms with Gasteiger partial charge in [0.15, 0.2) is 0 Å². The number of aryl methyl sites for hydroxylation is 1. The summed E-state index contributed by atoms with van der Waals surface area (Å²) in [5, 5.41) is 9.17. The number of hydrogen-bond acceptors (Lipinski definition) is 4. The number of nitrogens with one attached hydrogen (secondary N) is 1. The SMILES string of the molecule is Cc1ccccc1N/N=C\c1cn(-c2ccccc2)nc1-c1cccnc1. The lowest BCUT2D eigenvalue weighted by Crippen LogP contribution is -1.94. The van der Waals surface area contributed by atoms with Crippen LogP contribution in [-0.4, -0.2) is 21.0 Å². The predicted molar refractivity (Wildman–Crippen MR) is 109 cm³/mol. The normalized spacial score (nSPS) is 11.0. The van der Waals surface area contributed by atoms with Gasteiger partial charge in [0.1, 0.15) is 5.69 Å². The molecule has 0 amide bonds. The minimum Gasteiger partial charge on any atom is -0.278 e. The van der Waals surface area contributed by atoms with E-state index in [9.17, 15) is 0 Å². The number of para-hydroxylation sites is 2. The monoisotopic (exact) mass is 353 g/mol. The van der Waals surface area contributed by atoms with Crippen LogP contribution in [0.4, 0.5) is 5.69 Å². The first kappa shape index (κ1) is 16.7. The van der Waals surface area contributed by atoms with E-state index < -0.39 is 0 Å². The van der Waals surface area contributed by atoms with Gasteiger partial charge in [-0.25, -0.2) is 4.68 Å². The van der Waals surface area contributed by atoms with Crippen molar-refractivity contribution in [3.63, 3.8) is 0 Å². The summed E-state index contributed by atoms with van der Waals surface area (Å²) in [6.07, 6.45) is 7.33. The van der Waals surface area contributed by atoms with Gasteiger partial charge in [-0.05, 0) is 42.8 Å². The highest BCUT2D eigenvalue weighted by atomic mass is 15.3. The van der Waals surface area contributed by atoms with Crippen molar-refractivity contribution in [3.8, 4) is 16.9 Å². The van der Waals surface area contributed by atoms with E-state index in [2.05, 4.69) is 15.5 Å². The van der Waals surface area contributed by atoms with Crippen LogP contribution in [0, 0.1) is 6.92 Å². The molecular weight excluding hydrogens is 334 g/mol. The third-order valence-corrected chi connectivity index (χ3v) is 4.23. The van der Waals surface area contributed by atoms with E-state index in [0.29, 0.717) is 0 Å². The Morgan fingerprint density at radius 1 is 0.963 bits per heavy atom. The Hall–Kier alpha value is -3.73. The predicted octanol–water partition coefficient (Wildman–Crippen LogP) is 4.69. The zero-order valence-corrected chi connectivity index (χ0v) is 14.9. The van der Waals surface area contributed by atoms with E-state index in [1.807, 2.05) is 90.7 Å². The Kier molecular flexibility index (Phi) is 4.74. The molecule has 0 saturated carbocycles. The molecule has 2 heterocycles. The summed E-state index contributed by atoms with van der Waals surface area (Å²) in [6, 6.07) is 22.0. The third kappa shape index (κ3) is 3.77. The third-order valence-electron chi connectivity index (χ3n) is 4.23. The van der Waals surface area contributed by atoms with Crippen LogP contribution < -0.4 is 5.43 Å². The molecule has 0 aliphatic rings. The molecule has 132 valence electrons. The van der Waals surface area contributed by atoms with Gasteiger partial charge in [-0.2, -0.15) is 10.2 Å². The largest absolute Gasteiger partial charge is 0.278 e. The molecule has 4 aromatic rings. The molecule has 2 aromatic heterocycles. The molecule has 0 aliphatic carbocycles. The molecule has 0 saturated heterocycles. The summed E-state index contributed by atoms with van der Waals surface area (Å²) in [5.41, 5.74) is 8.91. The summed E-state index contributed by atoms with van der Waals surface area (Å²) in [4.78, 5) is 4.21. The fourth-order valence-electron chi connectivity index (χ4n) is 2.79. The number of nitrogens with zero attached hydrogens (tertiary/aromatic N) is 4. The van der Waals surface area contributed by atoms with Crippen molar-refractivity contribution in [1.29, 1.82) is 0 Å². The molecule has 0 unspecified atom stereocenters. The van der Waals surface area contributed by atoms with Crippen LogP contribution in [0.15, 0.2) is 90.4 Å². The number of hydrazone groups is 1. The molecule has 5 nitrogen and oxygen atoms in total. The van der Waals surface area contributed by atoms with Crippen LogP contribution in [0.2, 0.25) is 0 Å². The Bertz CT molecular complexity index is 1050. The lowest BCUT2D eigenvalue weighted by Gasteiger charge is -2.03. The van der Waals surface area contributed by atoms with Crippen molar-refractivity contribution in [1.82, 2.24) is 14.8 Å². The van der Waals surface area contributed by atoms with Crippen molar-refractivity contribution in [2.45, 2.75) is 6.92 Å². The maximum absolute atomic E-state index is 4.75. The smallest absolute Gasteiger partial charge is 0.103 e. The number of rotatable bonds is 5. The fourth-order valence-corrected chi connectivity index (χ4v) is 2.79. The fraction of sp³-hybridized carbons (Fsp3) is 0.0455. The summed E-state index contributed by atoms with van der Waals surface area (Å²) < 4.78 is 1.86. The Labute approximate surface area is 158 Å². The van der Waals surface area contributed by atoms with Crippen molar-refractivity contribution >= 4 is 11.9 Å². The van der Waals surface area contributed by atoms with Crippen LogP contribution in [-0.2, 0) is 0 Å². The van der Waals surface area contributed by atoms with E-state index in [-0.39, 0.29) is 0 Å². The van der Waals surface area contributed by atoms with Crippen LogP contribution in [0.1, 0.15) is 11.1 Å². The molecule has 0 radical (unpaired) electrons. The first-order valence-corrected chi connectivity index (χ1v) is 8.71. The summed E-state index contributed by atoms with van der Waals surface area (Å²) in [7, 11) is 0. The van der Waals surface area contributed by atoms with Crippen LogP contribution in [0.25, 0.3) is 16.9 Å². The topological polar surface area (TPSA) is 55.1 Å². The number of anilines is 1. The van der Waals surface area contributed by atoms with Gasteiger partial charge in [0.2, 0.25) is 0 Å². The maximum atomic E-state index is 4.75. The van der Waals surface area contributed by atoms with E-state index >= 15 is 0 Å². The molecule has 27 heavy (non-hydrogen) atoms. The minimum absolute atomic E-state index is 0.835. The van der Waals surface area contributed by atoms with Gasteiger partial charge in [-0.1, -0.05) is 36.4 Å². The van der Waals surface area contributed by atoms with E-state index in [4.69, 9.17) is 5.10 Å². The van der Waals surface area contributed by atoms with Gasteiger partial charge >= 0.3 is 0 Å². The molecule has 4 rings (SSSR count). The van der Waals surface area contributed by atoms with Crippen molar-refractivity contribution in [3.05, 3.63) is 96.4 Å². The highest BCUT2D eigenvalue weighted by Gasteiger charge is 2.11. The van der Waals surface area contributed by atoms with Gasteiger partial charge in [-0.15, -0.1) is 0 Å². The number of aromatic nitrogens is 3. The lowest BCUT2D eigenvalue weighted by atomic mass is 10.1. The highest BCUT2D eigenvalue weighted by molar-refractivity contribution is 5.89. The number of benzene rings is 2. The molecule has 0 atom stereocenters. The first-order chi connectivity index (χ1) is 13.3. The van der Waals surface area contributed by atoms with E-state index in [1.165, 1.54) is 0 Å². The Morgan fingerprint density at radius 2 is 1.78 bits per heavy atom. The van der Waals surface area contributed by atoms with E-state index in [0.717, 1.165) is 33.8 Å². The zero-order chi connectivity index (χ0) is 18.5. The first-order valence-electron chi connectivity index (χ1n) is 8.71. The highest BCUT2D eigenvalue weighted by Crippen LogP contribution is 2.22. The lowest BCUT2D eigenvalue weighted by molar-refractivity contribution is 0.884. The molecular formula is C22H19N5. The van der Waals surface area contributed by atoms with Crippen LogP contribution >= 0.6 is 0 Å². The van der Waals surface area contributed by atoms with Crippen molar-refractivity contribution < 1.29 is 0 Å². The van der Waals surface area contributed by atoms with Crippen LogP contribution in [0.3, 0.4) is 0 Å². The molecule has 0 aliphatic heterocycles. The summed E-state index contributed by atoms with van der Waals surface area (Å²) in [5.74, 6) is 0. The Morgan fingerprint density at radius 3 is 2.56 bits per heavy atom. The van der Waals surface area contributed by atoms with Gasteiger partial charge in [-0.3, -0.25) is 10.4 Å². The van der Waals surface area contributed by atoms with Gasteiger partial charge in [0, 0.05) is 29.7 Å². The second kappa shape index (κ2) is 7.66. The van der Waals surface area contributed by atoms with Gasteiger partial charge in [0.25, 0.3) is 0 Å². The molecule has 0 bridgehead atoms. The minimum atomic E-state index is 0.835. The molecule has 1 N–H and O–H groups in total. The quantitative estimate of drug-likeness (QED) is 0.418. The number of pyridine rings is 1. The Balaban J connectivity index is 1.69. The van der Waals surface area contributed by atoms with Crippen LogP contribution in [0.5, 0.6) is 0 Å². The van der Waals surface area contributed by atoms with E-state index in [1.54, 1.807) is 12.4 Å². The maximum Gasteiger partial charge on any atom is 0.103 e. The average Bonchev–Trinajstić information content (AvgIpc) is 3.15. The average molecular weight is 353 g/mol. The molecule has 2 aromatic carbocycles. The molecule has 5 heteroatoms. The second-order valence-electron chi connectivity index (χ2n) is 6.14. The summed E-state index contributed by atoms with van der Waals surface area (Å²) >= 11 is 0. The summed E-state index contributed by atoms with van der Waals surface area (Å²) in [6.45, 7) is 2.05. The molecule has 0 spiro atoms. The van der Waals surface area contributed by atoms with Crippen molar-refractivity contribution in [2.24, 2.45) is 5.10 Å². The second-order valence-corrected chi connectivity index (χ2v) is 6.14. The molecule has 0 fully saturated rings. The number of hydrogen-bond donors (Lipinski definition) is 1.